The van der Waals surface area contributed by atoms with E-state index in [4.69, 9.17) is 4.74 Å². The molecule has 0 unspecified atom stereocenters. The van der Waals surface area contributed by atoms with Gasteiger partial charge in [0.25, 0.3) is 5.91 Å². The van der Waals surface area contributed by atoms with Crippen LogP contribution in [0.2, 0.25) is 0 Å². The number of hydrogen-bond acceptors (Lipinski definition) is 3. The first-order valence-electron chi connectivity index (χ1n) is 9.50. The fourth-order valence-corrected chi connectivity index (χ4v) is 2.93. The summed E-state index contributed by atoms with van der Waals surface area (Å²) in [6, 6.07) is 7.90. The zero-order valence-electron chi connectivity index (χ0n) is 16.7. The number of nitrogens with one attached hydrogen (secondary N) is 1. The van der Waals surface area contributed by atoms with Crippen LogP contribution in [0.25, 0.3) is 0 Å². The van der Waals surface area contributed by atoms with Crippen molar-refractivity contribution in [1.82, 2.24) is 10.2 Å². The molecule has 1 aromatic rings. The van der Waals surface area contributed by atoms with Gasteiger partial charge in [0.2, 0.25) is 0 Å². The maximum Gasteiger partial charge on any atom is 0.409 e. The van der Waals surface area contributed by atoms with Crippen LogP contribution in [0.1, 0.15) is 63.4 Å². The zero-order valence-corrected chi connectivity index (χ0v) is 16.7. The van der Waals surface area contributed by atoms with Crippen LogP contribution in [0.4, 0.5) is 4.79 Å². The lowest BCUT2D eigenvalue weighted by Gasteiger charge is -2.32. The number of amides is 2. The van der Waals surface area contributed by atoms with Gasteiger partial charge in [-0.1, -0.05) is 46.8 Å². The molecule has 0 saturated carbocycles. The quantitative estimate of drug-likeness (QED) is 0.884. The minimum Gasteiger partial charge on any atom is -0.449 e. The van der Waals surface area contributed by atoms with Gasteiger partial charge in [0, 0.05) is 24.7 Å². The lowest BCUT2D eigenvalue weighted by atomic mass is 9.86. The number of carbonyl (C=O) groups excluding carboxylic acids is 2. The number of likely N-dealkylation sites (tertiary alicyclic amines) is 1. The number of rotatable bonds is 4. The predicted molar refractivity (Wildman–Crippen MR) is 103 cm³/mol. The van der Waals surface area contributed by atoms with Crippen molar-refractivity contribution in [1.29, 1.82) is 0 Å². The third kappa shape index (κ3) is 5.75. The highest BCUT2D eigenvalue weighted by molar-refractivity contribution is 5.94. The Balaban J connectivity index is 1.81. The van der Waals surface area contributed by atoms with Crippen molar-refractivity contribution in [3.63, 3.8) is 0 Å². The summed E-state index contributed by atoms with van der Waals surface area (Å²) in [5.74, 6) is 0.284. The van der Waals surface area contributed by atoms with Crippen LogP contribution in [0, 0.1) is 5.92 Å². The third-order valence-corrected chi connectivity index (χ3v) is 4.64. The highest BCUT2D eigenvalue weighted by Gasteiger charge is 2.25. The summed E-state index contributed by atoms with van der Waals surface area (Å²) in [7, 11) is 0. The Morgan fingerprint density at radius 3 is 2.23 bits per heavy atom. The van der Waals surface area contributed by atoms with Crippen LogP contribution in [0.5, 0.6) is 0 Å². The summed E-state index contributed by atoms with van der Waals surface area (Å²) < 4.78 is 5.27. The monoisotopic (exact) mass is 360 g/mol. The Hall–Kier alpha value is -2.04. The molecule has 26 heavy (non-hydrogen) atoms. The number of benzene rings is 1. The van der Waals surface area contributed by atoms with Crippen LogP contribution in [-0.4, -0.2) is 42.6 Å². The van der Waals surface area contributed by atoms with E-state index in [9.17, 15) is 9.59 Å². The van der Waals surface area contributed by atoms with Gasteiger partial charge in [0.05, 0.1) is 6.61 Å². The Morgan fingerprint density at radius 2 is 1.73 bits per heavy atom. The second-order valence-electron chi connectivity index (χ2n) is 8.53. The maximum absolute atomic E-state index is 12.5. The van der Waals surface area contributed by atoms with Crippen molar-refractivity contribution in [2.75, 3.05) is 19.7 Å². The largest absolute Gasteiger partial charge is 0.449 e. The molecular formula is C21H32N2O3. The molecule has 1 saturated heterocycles. The molecule has 5 nitrogen and oxygen atoms in total. The van der Waals surface area contributed by atoms with Gasteiger partial charge in [-0.25, -0.2) is 4.79 Å². The standard InChI is InChI=1S/C21H32N2O3/c1-15(2)14-26-20(25)23-12-10-18(11-13-23)22-19(24)16-6-8-17(9-7-16)21(3,4)5/h6-9,15,18H,10-14H2,1-5H3,(H,22,24). The Bertz CT molecular complexity index is 609. The van der Waals surface area contributed by atoms with Crippen molar-refractivity contribution in [3.8, 4) is 0 Å². The molecule has 0 bridgehead atoms. The Labute approximate surface area is 157 Å². The molecule has 1 aliphatic rings. The highest BCUT2D eigenvalue weighted by atomic mass is 16.6. The first kappa shape index (κ1) is 20.3. The summed E-state index contributed by atoms with van der Waals surface area (Å²) >= 11 is 0. The second-order valence-corrected chi connectivity index (χ2v) is 8.53. The topological polar surface area (TPSA) is 58.6 Å². The van der Waals surface area contributed by atoms with Crippen molar-refractivity contribution >= 4 is 12.0 Å². The molecule has 1 aliphatic heterocycles. The second kappa shape index (κ2) is 8.56. The van der Waals surface area contributed by atoms with E-state index in [1.807, 2.05) is 38.1 Å². The molecule has 5 heteroatoms. The summed E-state index contributed by atoms with van der Waals surface area (Å²) in [6.45, 7) is 12.2. The third-order valence-electron chi connectivity index (χ3n) is 4.64. The van der Waals surface area contributed by atoms with Crippen molar-refractivity contribution in [2.45, 2.75) is 58.9 Å². The average molecular weight is 360 g/mol. The smallest absolute Gasteiger partial charge is 0.409 e. The zero-order chi connectivity index (χ0) is 19.3. The van der Waals surface area contributed by atoms with E-state index in [0.29, 0.717) is 31.2 Å². The number of ether oxygens (including phenoxy) is 1. The fourth-order valence-electron chi connectivity index (χ4n) is 2.93. The first-order chi connectivity index (χ1) is 12.2. The van der Waals surface area contributed by atoms with Crippen molar-refractivity contribution in [3.05, 3.63) is 35.4 Å². The molecular weight excluding hydrogens is 328 g/mol. The number of carbonyl (C=O) groups is 2. The normalized spacial score (nSPS) is 15.8. The van der Waals surface area contributed by atoms with Crippen molar-refractivity contribution < 1.29 is 14.3 Å². The van der Waals surface area contributed by atoms with E-state index in [0.717, 1.165) is 12.8 Å². The van der Waals surface area contributed by atoms with Gasteiger partial charge in [-0.15, -0.1) is 0 Å². The highest BCUT2D eigenvalue weighted by Crippen LogP contribution is 2.22. The molecule has 2 amide bonds. The van der Waals surface area contributed by atoms with Gasteiger partial charge in [0.1, 0.15) is 0 Å². The van der Waals surface area contributed by atoms with Crippen LogP contribution in [-0.2, 0) is 10.2 Å². The molecule has 0 atom stereocenters. The van der Waals surface area contributed by atoms with Crippen LogP contribution >= 0.6 is 0 Å². The summed E-state index contributed by atoms with van der Waals surface area (Å²) in [4.78, 5) is 26.2. The lowest BCUT2D eigenvalue weighted by Crippen LogP contribution is -2.46. The van der Waals surface area contributed by atoms with Gasteiger partial charge < -0.3 is 15.0 Å². The first-order valence-corrected chi connectivity index (χ1v) is 9.50. The molecule has 2 rings (SSSR count). The SMILES string of the molecule is CC(C)COC(=O)N1CCC(NC(=O)c2ccc(C(C)(C)C)cc2)CC1. The van der Waals surface area contributed by atoms with E-state index in [1.54, 1.807) is 4.90 Å². The summed E-state index contributed by atoms with van der Waals surface area (Å²) in [5, 5.41) is 3.09. The summed E-state index contributed by atoms with van der Waals surface area (Å²) in [5.41, 5.74) is 1.96. The van der Waals surface area contributed by atoms with Gasteiger partial charge in [-0.3, -0.25) is 4.79 Å². The van der Waals surface area contributed by atoms with Crippen molar-refractivity contribution in [2.24, 2.45) is 5.92 Å². The molecule has 1 fully saturated rings. The number of hydrogen-bond donors (Lipinski definition) is 1. The van der Waals surface area contributed by atoms with E-state index in [1.165, 1.54) is 5.56 Å². The molecule has 144 valence electrons. The van der Waals surface area contributed by atoms with Crippen LogP contribution < -0.4 is 5.32 Å². The molecule has 0 radical (unpaired) electrons. The lowest BCUT2D eigenvalue weighted by molar-refractivity contribution is 0.0785. The molecule has 1 aromatic carbocycles. The number of piperidine rings is 1. The van der Waals surface area contributed by atoms with E-state index in [2.05, 4.69) is 26.1 Å². The van der Waals surface area contributed by atoms with Gasteiger partial charge in [-0.05, 0) is 41.9 Å². The maximum atomic E-state index is 12.5. The molecule has 1 heterocycles. The van der Waals surface area contributed by atoms with Gasteiger partial charge >= 0.3 is 6.09 Å². The Morgan fingerprint density at radius 1 is 1.15 bits per heavy atom. The fraction of sp³-hybridized carbons (Fsp3) is 0.619. The minimum absolute atomic E-state index is 0.0497. The van der Waals surface area contributed by atoms with E-state index in [-0.39, 0.29) is 23.5 Å². The number of nitrogens with zero attached hydrogens (tertiary/aromatic N) is 1. The van der Waals surface area contributed by atoms with E-state index < -0.39 is 0 Å². The summed E-state index contributed by atoms with van der Waals surface area (Å²) in [6.07, 6.45) is 1.26. The predicted octanol–water partition coefficient (Wildman–Crippen LogP) is 3.97. The van der Waals surface area contributed by atoms with Crippen LogP contribution in [0.15, 0.2) is 24.3 Å². The molecule has 0 spiro atoms. The van der Waals surface area contributed by atoms with Gasteiger partial charge in [0.15, 0.2) is 0 Å². The van der Waals surface area contributed by atoms with Gasteiger partial charge in [-0.2, -0.15) is 0 Å². The molecule has 1 N–H and O–H groups in total. The van der Waals surface area contributed by atoms with Crippen LogP contribution in [0.3, 0.4) is 0 Å². The molecule has 0 aromatic heterocycles. The van der Waals surface area contributed by atoms with E-state index >= 15 is 0 Å². The molecule has 0 aliphatic carbocycles. The average Bonchev–Trinajstić information content (AvgIpc) is 2.59. The Kier molecular flexibility index (Phi) is 6.68. The minimum atomic E-state index is -0.249.